The molecule has 1 aromatic carbocycles. The van der Waals surface area contributed by atoms with Crippen molar-refractivity contribution in [3.63, 3.8) is 0 Å². The van der Waals surface area contributed by atoms with Crippen molar-refractivity contribution in [1.82, 2.24) is 5.32 Å². The highest BCUT2D eigenvalue weighted by Gasteiger charge is 2.28. The van der Waals surface area contributed by atoms with Crippen molar-refractivity contribution in [1.29, 1.82) is 0 Å². The Kier molecular flexibility index (Phi) is 5.02. The molecule has 1 N–H and O–H groups in total. The van der Waals surface area contributed by atoms with Crippen LogP contribution < -0.4 is 5.32 Å². The highest BCUT2D eigenvalue weighted by atomic mass is 16.5. The largest absolute Gasteiger partial charge is 0.378 e. The number of ether oxygens (including phenoxy) is 1. The Balaban J connectivity index is 1.50. The van der Waals surface area contributed by atoms with E-state index in [1.54, 1.807) is 0 Å². The van der Waals surface area contributed by atoms with Crippen molar-refractivity contribution in [2.24, 2.45) is 5.92 Å². The average Bonchev–Trinajstić information content (AvgIpc) is 2.32. The van der Waals surface area contributed by atoms with Crippen LogP contribution in [0.3, 0.4) is 0 Å². The summed E-state index contributed by atoms with van der Waals surface area (Å²) >= 11 is 0. The second-order valence-electron chi connectivity index (χ2n) is 4.87. The molecule has 1 saturated carbocycles. The summed E-state index contributed by atoms with van der Waals surface area (Å²) in [6, 6.07) is 10.6. The van der Waals surface area contributed by atoms with Gasteiger partial charge in [-0.2, -0.15) is 0 Å². The lowest BCUT2D eigenvalue weighted by Gasteiger charge is -2.35. The Bertz CT molecular complexity index is 306. The monoisotopic (exact) mass is 233 g/mol. The molecule has 1 aliphatic carbocycles. The summed E-state index contributed by atoms with van der Waals surface area (Å²) in [5.41, 5.74) is 1.37. The lowest BCUT2D eigenvalue weighted by Crippen LogP contribution is -2.33. The molecule has 94 valence electrons. The van der Waals surface area contributed by atoms with Gasteiger partial charge in [0.15, 0.2) is 0 Å². The molecule has 0 unspecified atom stereocenters. The fourth-order valence-corrected chi connectivity index (χ4v) is 2.42. The lowest BCUT2D eigenvalue weighted by atomic mass is 9.80. The van der Waals surface area contributed by atoms with Gasteiger partial charge in [-0.15, -0.1) is 0 Å². The Morgan fingerprint density at radius 1 is 1.24 bits per heavy atom. The molecule has 0 heterocycles. The zero-order valence-electron chi connectivity index (χ0n) is 10.7. The van der Waals surface area contributed by atoms with Crippen LogP contribution in [0.5, 0.6) is 0 Å². The number of benzene rings is 1. The van der Waals surface area contributed by atoms with Crippen LogP contribution in [0.25, 0.3) is 0 Å². The van der Waals surface area contributed by atoms with Gasteiger partial charge in [-0.05, 0) is 44.2 Å². The minimum atomic E-state index is 0.555. The first kappa shape index (κ1) is 12.6. The standard InChI is InChI=1S/C15H23NO/c1-2-17-15-10-14(11-15)8-9-16-12-13-6-4-3-5-7-13/h3-7,14-16H,2,8-12H2,1H3. The summed E-state index contributed by atoms with van der Waals surface area (Å²) in [6.07, 6.45) is 4.37. The minimum Gasteiger partial charge on any atom is -0.378 e. The molecule has 2 heteroatoms. The normalized spacial score (nSPS) is 23.4. The van der Waals surface area contributed by atoms with E-state index >= 15 is 0 Å². The van der Waals surface area contributed by atoms with Gasteiger partial charge < -0.3 is 10.1 Å². The molecule has 0 spiro atoms. The summed E-state index contributed by atoms with van der Waals surface area (Å²) in [6.45, 7) is 5.05. The van der Waals surface area contributed by atoms with Crippen LogP contribution in [0.1, 0.15) is 31.7 Å². The van der Waals surface area contributed by atoms with E-state index in [4.69, 9.17) is 4.74 Å². The third-order valence-electron chi connectivity index (χ3n) is 3.50. The zero-order chi connectivity index (χ0) is 11.9. The van der Waals surface area contributed by atoms with Crippen LogP contribution in [0.4, 0.5) is 0 Å². The van der Waals surface area contributed by atoms with E-state index < -0.39 is 0 Å². The van der Waals surface area contributed by atoms with Gasteiger partial charge in [-0.25, -0.2) is 0 Å². The van der Waals surface area contributed by atoms with Gasteiger partial charge in [-0.3, -0.25) is 0 Å². The molecule has 0 aromatic heterocycles. The lowest BCUT2D eigenvalue weighted by molar-refractivity contribution is -0.0263. The van der Waals surface area contributed by atoms with Crippen molar-refractivity contribution in [2.45, 2.75) is 38.8 Å². The second kappa shape index (κ2) is 6.77. The molecule has 17 heavy (non-hydrogen) atoms. The first-order valence-electron chi connectivity index (χ1n) is 6.74. The quantitative estimate of drug-likeness (QED) is 0.731. The summed E-state index contributed by atoms with van der Waals surface area (Å²) in [5, 5.41) is 3.51. The first-order valence-corrected chi connectivity index (χ1v) is 6.74. The Morgan fingerprint density at radius 2 is 2.00 bits per heavy atom. The van der Waals surface area contributed by atoms with Crippen LogP contribution in [-0.2, 0) is 11.3 Å². The Morgan fingerprint density at radius 3 is 2.71 bits per heavy atom. The molecule has 2 nitrogen and oxygen atoms in total. The predicted molar refractivity (Wildman–Crippen MR) is 70.9 cm³/mol. The SMILES string of the molecule is CCOC1CC(CCNCc2ccccc2)C1. The highest BCUT2D eigenvalue weighted by Crippen LogP contribution is 2.32. The van der Waals surface area contributed by atoms with Gasteiger partial charge in [0.25, 0.3) is 0 Å². The van der Waals surface area contributed by atoms with Gasteiger partial charge in [-0.1, -0.05) is 30.3 Å². The third kappa shape index (κ3) is 4.14. The number of hydrogen-bond acceptors (Lipinski definition) is 2. The first-order chi connectivity index (χ1) is 8.38. The van der Waals surface area contributed by atoms with E-state index in [-0.39, 0.29) is 0 Å². The fourth-order valence-electron chi connectivity index (χ4n) is 2.42. The van der Waals surface area contributed by atoms with Gasteiger partial charge in [0.05, 0.1) is 6.10 Å². The third-order valence-corrected chi connectivity index (χ3v) is 3.50. The Hall–Kier alpha value is -0.860. The average molecular weight is 233 g/mol. The van der Waals surface area contributed by atoms with E-state index in [1.807, 2.05) is 0 Å². The topological polar surface area (TPSA) is 21.3 Å². The zero-order valence-corrected chi connectivity index (χ0v) is 10.7. The van der Waals surface area contributed by atoms with Crippen LogP contribution in [0.2, 0.25) is 0 Å². The maximum absolute atomic E-state index is 5.56. The molecule has 0 aliphatic heterocycles. The molecule has 2 rings (SSSR count). The molecule has 1 aliphatic rings. The number of rotatable bonds is 7. The van der Waals surface area contributed by atoms with Crippen molar-refractivity contribution in [2.75, 3.05) is 13.2 Å². The van der Waals surface area contributed by atoms with Crippen molar-refractivity contribution in [3.8, 4) is 0 Å². The van der Waals surface area contributed by atoms with E-state index in [1.165, 1.54) is 24.8 Å². The molecular formula is C15H23NO. The van der Waals surface area contributed by atoms with Crippen LogP contribution in [-0.4, -0.2) is 19.3 Å². The van der Waals surface area contributed by atoms with E-state index in [9.17, 15) is 0 Å². The summed E-state index contributed by atoms with van der Waals surface area (Å²) < 4.78 is 5.56. The van der Waals surface area contributed by atoms with Gasteiger partial charge in [0.1, 0.15) is 0 Å². The van der Waals surface area contributed by atoms with Crippen LogP contribution >= 0.6 is 0 Å². The smallest absolute Gasteiger partial charge is 0.0580 e. The van der Waals surface area contributed by atoms with Crippen molar-refractivity contribution in [3.05, 3.63) is 35.9 Å². The maximum atomic E-state index is 5.56. The van der Waals surface area contributed by atoms with E-state index in [0.29, 0.717) is 6.10 Å². The molecular weight excluding hydrogens is 210 g/mol. The van der Waals surface area contributed by atoms with Crippen LogP contribution in [0, 0.1) is 5.92 Å². The highest BCUT2D eigenvalue weighted by molar-refractivity contribution is 5.14. The number of nitrogens with one attached hydrogen (secondary N) is 1. The van der Waals surface area contributed by atoms with Gasteiger partial charge in [0.2, 0.25) is 0 Å². The maximum Gasteiger partial charge on any atom is 0.0580 e. The molecule has 0 amide bonds. The van der Waals surface area contributed by atoms with E-state index in [2.05, 4.69) is 42.6 Å². The van der Waals surface area contributed by atoms with Gasteiger partial charge in [0, 0.05) is 13.2 Å². The predicted octanol–water partition coefficient (Wildman–Crippen LogP) is 2.98. The summed E-state index contributed by atoms with van der Waals surface area (Å²) in [7, 11) is 0. The molecule has 0 atom stereocenters. The molecule has 0 radical (unpaired) electrons. The van der Waals surface area contributed by atoms with Crippen molar-refractivity contribution < 1.29 is 4.74 Å². The van der Waals surface area contributed by atoms with E-state index in [0.717, 1.165) is 25.6 Å². The summed E-state index contributed by atoms with van der Waals surface area (Å²) in [5.74, 6) is 0.884. The molecule has 0 bridgehead atoms. The fraction of sp³-hybridized carbons (Fsp3) is 0.600. The second-order valence-corrected chi connectivity index (χ2v) is 4.87. The molecule has 0 saturated heterocycles. The number of hydrogen-bond donors (Lipinski definition) is 1. The summed E-state index contributed by atoms with van der Waals surface area (Å²) in [4.78, 5) is 0. The Labute approximate surface area is 104 Å². The minimum absolute atomic E-state index is 0.555. The van der Waals surface area contributed by atoms with Gasteiger partial charge >= 0.3 is 0 Å². The molecule has 1 fully saturated rings. The van der Waals surface area contributed by atoms with Crippen LogP contribution in [0.15, 0.2) is 30.3 Å². The molecule has 1 aromatic rings. The van der Waals surface area contributed by atoms with Crippen molar-refractivity contribution >= 4 is 0 Å².